The Labute approximate surface area is 142 Å². The first-order valence-corrected chi connectivity index (χ1v) is 8.85. The molecule has 0 fully saturated rings. The Morgan fingerprint density at radius 2 is 1.83 bits per heavy atom. The predicted octanol–water partition coefficient (Wildman–Crippen LogP) is 2.82. The molecule has 2 aromatic heterocycles. The van der Waals surface area contributed by atoms with Gasteiger partial charge < -0.3 is 10.6 Å². The SMILES string of the molecule is CCC(=O)Nc1nc(CC(=O)Nc2nnc(C(C)(C)C)s2)cs1. The molecule has 0 bridgehead atoms. The Morgan fingerprint density at radius 1 is 1.13 bits per heavy atom. The van der Waals surface area contributed by atoms with E-state index < -0.39 is 0 Å². The van der Waals surface area contributed by atoms with Crippen molar-refractivity contribution >= 4 is 44.8 Å². The van der Waals surface area contributed by atoms with Gasteiger partial charge in [0.05, 0.1) is 12.1 Å². The Bertz CT molecular complexity index is 702. The van der Waals surface area contributed by atoms with E-state index in [0.717, 1.165) is 5.01 Å². The summed E-state index contributed by atoms with van der Waals surface area (Å²) in [7, 11) is 0. The fourth-order valence-electron chi connectivity index (χ4n) is 1.56. The molecule has 2 amide bonds. The van der Waals surface area contributed by atoms with Gasteiger partial charge >= 0.3 is 0 Å². The molecule has 0 atom stereocenters. The molecule has 0 aliphatic carbocycles. The first-order chi connectivity index (χ1) is 10.8. The Hall–Kier alpha value is -1.87. The van der Waals surface area contributed by atoms with E-state index in [0.29, 0.717) is 22.4 Å². The summed E-state index contributed by atoms with van der Waals surface area (Å²) in [6.07, 6.45) is 0.519. The molecule has 7 nitrogen and oxygen atoms in total. The molecule has 0 aliphatic heterocycles. The minimum absolute atomic E-state index is 0.0953. The number of hydrogen-bond donors (Lipinski definition) is 2. The highest BCUT2D eigenvalue weighted by Gasteiger charge is 2.20. The molecule has 2 heterocycles. The maximum absolute atomic E-state index is 12.0. The van der Waals surface area contributed by atoms with Crippen LogP contribution in [-0.2, 0) is 21.4 Å². The number of carbonyl (C=O) groups is 2. The van der Waals surface area contributed by atoms with Gasteiger partial charge in [-0.25, -0.2) is 4.98 Å². The molecule has 9 heteroatoms. The third-order valence-electron chi connectivity index (χ3n) is 2.77. The topological polar surface area (TPSA) is 96.9 Å². The highest BCUT2D eigenvalue weighted by molar-refractivity contribution is 7.15. The lowest BCUT2D eigenvalue weighted by molar-refractivity contribution is -0.116. The van der Waals surface area contributed by atoms with Crippen molar-refractivity contribution in [2.45, 2.75) is 46.0 Å². The molecular weight excluding hydrogens is 334 g/mol. The lowest BCUT2D eigenvalue weighted by Crippen LogP contribution is -2.14. The van der Waals surface area contributed by atoms with Gasteiger partial charge in [0.15, 0.2) is 5.13 Å². The van der Waals surface area contributed by atoms with E-state index >= 15 is 0 Å². The number of nitrogens with zero attached hydrogens (tertiary/aromatic N) is 3. The minimum Gasteiger partial charge on any atom is -0.302 e. The van der Waals surface area contributed by atoms with Crippen LogP contribution in [-0.4, -0.2) is 27.0 Å². The summed E-state index contributed by atoms with van der Waals surface area (Å²) in [5.41, 5.74) is 0.515. The van der Waals surface area contributed by atoms with Crippen LogP contribution in [0.25, 0.3) is 0 Å². The Balaban J connectivity index is 1.92. The molecular formula is C14H19N5O2S2. The molecule has 0 unspecified atom stereocenters. The maximum atomic E-state index is 12.0. The van der Waals surface area contributed by atoms with Gasteiger partial charge in [-0.05, 0) is 0 Å². The Kier molecular flexibility index (Phi) is 5.42. The molecule has 2 N–H and O–H groups in total. The van der Waals surface area contributed by atoms with Crippen molar-refractivity contribution < 1.29 is 9.59 Å². The summed E-state index contributed by atoms with van der Waals surface area (Å²) in [4.78, 5) is 27.6. The van der Waals surface area contributed by atoms with Gasteiger partial charge in [0, 0.05) is 17.2 Å². The molecule has 0 aliphatic rings. The number of nitrogens with one attached hydrogen (secondary N) is 2. The molecule has 0 aromatic carbocycles. The molecule has 2 rings (SSSR count). The third-order valence-corrected chi connectivity index (χ3v) is 4.84. The first-order valence-electron chi connectivity index (χ1n) is 7.16. The standard InChI is InChI=1S/C14H19N5O2S2/c1-5-9(20)16-12-15-8(7-22-12)6-10(21)17-13-19-18-11(23-13)14(2,3)4/h7H,5-6H2,1-4H3,(H,15,16,20)(H,17,19,21). The van der Waals surface area contributed by atoms with Gasteiger partial charge in [0.25, 0.3) is 0 Å². The maximum Gasteiger partial charge on any atom is 0.232 e. The summed E-state index contributed by atoms with van der Waals surface area (Å²) in [5, 5.41) is 17.1. The summed E-state index contributed by atoms with van der Waals surface area (Å²) in [6.45, 7) is 7.90. The number of carbonyl (C=O) groups excluding carboxylic acids is 2. The van der Waals surface area contributed by atoms with Crippen molar-refractivity contribution in [3.63, 3.8) is 0 Å². The number of aromatic nitrogens is 3. The second kappa shape index (κ2) is 7.14. The number of anilines is 2. The molecule has 0 radical (unpaired) electrons. The molecule has 0 saturated heterocycles. The quantitative estimate of drug-likeness (QED) is 0.861. The zero-order valence-corrected chi connectivity index (χ0v) is 15.1. The number of hydrogen-bond acceptors (Lipinski definition) is 7. The van der Waals surface area contributed by atoms with Gasteiger partial charge in [0.2, 0.25) is 16.9 Å². The fourth-order valence-corrected chi connectivity index (χ4v) is 3.10. The minimum atomic E-state index is -0.208. The van der Waals surface area contributed by atoms with Gasteiger partial charge in [-0.15, -0.1) is 21.5 Å². The van der Waals surface area contributed by atoms with Crippen LogP contribution in [0.3, 0.4) is 0 Å². The van der Waals surface area contributed by atoms with Gasteiger partial charge in [0.1, 0.15) is 5.01 Å². The van der Waals surface area contributed by atoms with E-state index in [-0.39, 0.29) is 23.7 Å². The molecule has 0 saturated carbocycles. The molecule has 124 valence electrons. The van der Waals surface area contributed by atoms with Gasteiger partial charge in [-0.1, -0.05) is 39.0 Å². The highest BCUT2D eigenvalue weighted by atomic mass is 32.1. The number of rotatable bonds is 5. The first kappa shape index (κ1) is 17.5. The van der Waals surface area contributed by atoms with Crippen LogP contribution in [0.15, 0.2) is 5.38 Å². The van der Waals surface area contributed by atoms with E-state index in [1.807, 2.05) is 20.8 Å². The van der Waals surface area contributed by atoms with Crippen LogP contribution in [0.1, 0.15) is 44.8 Å². The second-order valence-corrected chi connectivity index (χ2v) is 7.77. The van der Waals surface area contributed by atoms with E-state index in [4.69, 9.17) is 0 Å². The van der Waals surface area contributed by atoms with Crippen molar-refractivity contribution in [3.05, 3.63) is 16.1 Å². The zero-order chi connectivity index (χ0) is 17.0. The van der Waals surface area contributed by atoms with Crippen LogP contribution in [0.4, 0.5) is 10.3 Å². The number of amides is 2. The van der Waals surface area contributed by atoms with Crippen LogP contribution < -0.4 is 10.6 Å². The van der Waals surface area contributed by atoms with Crippen LogP contribution in [0, 0.1) is 0 Å². The predicted molar refractivity (Wildman–Crippen MR) is 92.0 cm³/mol. The summed E-state index contributed by atoms with van der Waals surface area (Å²) >= 11 is 2.67. The third kappa shape index (κ3) is 5.07. The van der Waals surface area contributed by atoms with Crippen molar-refractivity contribution in [2.75, 3.05) is 10.6 Å². The van der Waals surface area contributed by atoms with E-state index in [2.05, 4.69) is 25.8 Å². The lowest BCUT2D eigenvalue weighted by atomic mass is 9.98. The van der Waals surface area contributed by atoms with Gasteiger partial charge in [-0.3, -0.25) is 9.59 Å². The smallest absolute Gasteiger partial charge is 0.232 e. The fraction of sp³-hybridized carbons (Fsp3) is 0.500. The van der Waals surface area contributed by atoms with Crippen LogP contribution in [0.5, 0.6) is 0 Å². The largest absolute Gasteiger partial charge is 0.302 e. The average molecular weight is 353 g/mol. The van der Waals surface area contributed by atoms with E-state index in [1.165, 1.54) is 22.7 Å². The second-order valence-electron chi connectivity index (χ2n) is 5.93. The number of thiazole rings is 1. The summed E-state index contributed by atoms with van der Waals surface area (Å²) in [6, 6.07) is 0. The zero-order valence-electron chi connectivity index (χ0n) is 13.5. The summed E-state index contributed by atoms with van der Waals surface area (Å²) in [5.74, 6) is -0.306. The molecule has 0 spiro atoms. The van der Waals surface area contributed by atoms with Crippen molar-refractivity contribution in [3.8, 4) is 0 Å². The van der Waals surface area contributed by atoms with Crippen molar-refractivity contribution in [1.29, 1.82) is 0 Å². The van der Waals surface area contributed by atoms with Gasteiger partial charge in [-0.2, -0.15) is 0 Å². The average Bonchev–Trinajstić information content (AvgIpc) is 3.07. The summed E-state index contributed by atoms with van der Waals surface area (Å²) < 4.78 is 0. The molecule has 23 heavy (non-hydrogen) atoms. The lowest BCUT2D eigenvalue weighted by Gasteiger charge is -2.12. The van der Waals surface area contributed by atoms with Crippen LogP contribution >= 0.6 is 22.7 Å². The molecule has 2 aromatic rings. The van der Waals surface area contributed by atoms with Crippen molar-refractivity contribution in [1.82, 2.24) is 15.2 Å². The van der Waals surface area contributed by atoms with Crippen molar-refractivity contribution in [2.24, 2.45) is 0 Å². The Morgan fingerprint density at radius 3 is 2.43 bits per heavy atom. The normalized spacial score (nSPS) is 11.3. The van der Waals surface area contributed by atoms with E-state index in [9.17, 15) is 9.59 Å². The van der Waals surface area contributed by atoms with Crippen LogP contribution in [0.2, 0.25) is 0 Å². The van der Waals surface area contributed by atoms with E-state index in [1.54, 1.807) is 12.3 Å². The monoisotopic (exact) mass is 353 g/mol. The highest BCUT2D eigenvalue weighted by Crippen LogP contribution is 2.27.